The fraction of sp³-hybridized carbons (Fsp3) is 0.278. The Bertz CT molecular complexity index is 852. The van der Waals surface area contributed by atoms with E-state index in [-0.39, 0.29) is 0 Å². The molecule has 1 aromatic heterocycles. The molecule has 0 aliphatic heterocycles. The van der Waals surface area contributed by atoms with Crippen LogP contribution in [0.5, 0.6) is 5.75 Å². The second-order valence-corrected chi connectivity index (χ2v) is 7.62. The maximum atomic E-state index is 6.16. The van der Waals surface area contributed by atoms with Crippen LogP contribution in [0.4, 0.5) is 0 Å². The van der Waals surface area contributed by atoms with Gasteiger partial charge in [0.15, 0.2) is 0 Å². The molecule has 0 aliphatic rings. The Hall–Kier alpha value is -1.80. The Labute approximate surface area is 172 Å². The Balaban J connectivity index is 1.40. The van der Waals surface area contributed by atoms with Crippen molar-refractivity contribution in [3.05, 3.63) is 63.6 Å². The SMILES string of the molecule is Cn1nnnc1SCCNCc1ccc(OCc2c(Cl)cccc2Cl)cc1. The van der Waals surface area contributed by atoms with Gasteiger partial charge in [0.1, 0.15) is 12.4 Å². The van der Waals surface area contributed by atoms with Crippen molar-refractivity contribution in [2.75, 3.05) is 12.3 Å². The first kappa shape index (κ1) is 19.9. The number of nitrogens with one attached hydrogen (secondary N) is 1. The molecule has 0 saturated carbocycles. The third-order valence-corrected chi connectivity index (χ3v) is 5.51. The zero-order valence-electron chi connectivity index (χ0n) is 14.7. The summed E-state index contributed by atoms with van der Waals surface area (Å²) in [6.07, 6.45) is 0. The van der Waals surface area contributed by atoms with Crippen molar-refractivity contribution in [3.63, 3.8) is 0 Å². The van der Waals surface area contributed by atoms with Crippen LogP contribution in [0.25, 0.3) is 0 Å². The van der Waals surface area contributed by atoms with Crippen molar-refractivity contribution in [1.29, 1.82) is 0 Å². The molecule has 3 aromatic rings. The summed E-state index contributed by atoms with van der Waals surface area (Å²) in [4.78, 5) is 0. The van der Waals surface area contributed by atoms with E-state index in [4.69, 9.17) is 27.9 Å². The molecule has 0 saturated heterocycles. The number of thioether (sulfide) groups is 1. The van der Waals surface area contributed by atoms with Gasteiger partial charge in [-0.3, -0.25) is 0 Å². The number of aromatic nitrogens is 4. The smallest absolute Gasteiger partial charge is 0.209 e. The molecule has 0 amide bonds. The lowest BCUT2D eigenvalue weighted by Gasteiger charge is -2.10. The van der Waals surface area contributed by atoms with Crippen LogP contribution >= 0.6 is 35.0 Å². The van der Waals surface area contributed by atoms with Crippen molar-refractivity contribution in [2.24, 2.45) is 7.05 Å². The van der Waals surface area contributed by atoms with Gasteiger partial charge in [0.05, 0.1) is 0 Å². The topological polar surface area (TPSA) is 64.9 Å². The van der Waals surface area contributed by atoms with Crippen molar-refractivity contribution >= 4 is 35.0 Å². The molecule has 3 rings (SSSR count). The van der Waals surface area contributed by atoms with Crippen molar-refractivity contribution in [2.45, 2.75) is 18.3 Å². The molecular weight excluding hydrogens is 405 g/mol. The maximum Gasteiger partial charge on any atom is 0.209 e. The first-order chi connectivity index (χ1) is 13.1. The van der Waals surface area contributed by atoms with Crippen molar-refractivity contribution < 1.29 is 4.74 Å². The van der Waals surface area contributed by atoms with Gasteiger partial charge in [-0.15, -0.1) is 5.10 Å². The van der Waals surface area contributed by atoms with Gasteiger partial charge in [-0.25, -0.2) is 4.68 Å². The summed E-state index contributed by atoms with van der Waals surface area (Å²) in [7, 11) is 1.83. The predicted octanol–water partition coefficient (Wildman–Crippen LogP) is 3.98. The highest BCUT2D eigenvalue weighted by atomic mass is 35.5. The highest BCUT2D eigenvalue weighted by Gasteiger charge is 2.06. The second kappa shape index (κ2) is 9.94. The van der Waals surface area contributed by atoms with Gasteiger partial charge >= 0.3 is 0 Å². The van der Waals surface area contributed by atoms with E-state index in [1.165, 1.54) is 5.56 Å². The largest absolute Gasteiger partial charge is 0.489 e. The fourth-order valence-electron chi connectivity index (χ4n) is 2.32. The number of halogens is 2. The quantitative estimate of drug-likeness (QED) is 0.414. The van der Waals surface area contributed by atoms with Crippen molar-refractivity contribution in [3.8, 4) is 5.75 Å². The van der Waals surface area contributed by atoms with E-state index in [1.807, 2.05) is 37.4 Å². The number of aryl methyl sites for hydroxylation is 1. The van der Waals surface area contributed by atoms with Crippen LogP contribution in [0.2, 0.25) is 10.0 Å². The number of nitrogens with zero attached hydrogens (tertiary/aromatic N) is 4. The molecule has 9 heteroatoms. The van der Waals surface area contributed by atoms with Gasteiger partial charge < -0.3 is 10.1 Å². The average molecular weight is 424 g/mol. The van der Waals surface area contributed by atoms with Crippen LogP contribution in [-0.4, -0.2) is 32.5 Å². The summed E-state index contributed by atoms with van der Waals surface area (Å²) in [5.74, 6) is 1.67. The van der Waals surface area contributed by atoms with Gasteiger partial charge in [0, 0.05) is 41.5 Å². The molecule has 0 atom stereocenters. The lowest BCUT2D eigenvalue weighted by atomic mass is 10.2. The van der Waals surface area contributed by atoms with Gasteiger partial charge in [-0.1, -0.05) is 53.2 Å². The minimum absolute atomic E-state index is 0.338. The summed E-state index contributed by atoms with van der Waals surface area (Å²) < 4.78 is 7.46. The molecule has 1 heterocycles. The lowest BCUT2D eigenvalue weighted by Crippen LogP contribution is -2.16. The number of rotatable bonds is 9. The zero-order valence-corrected chi connectivity index (χ0v) is 17.1. The van der Waals surface area contributed by atoms with Gasteiger partial charge in [0.25, 0.3) is 0 Å². The molecule has 142 valence electrons. The van der Waals surface area contributed by atoms with E-state index in [0.29, 0.717) is 16.7 Å². The number of tetrazole rings is 1. The lowest BCUT2D eigenvalue weighted by molar-refractivity contribution is 0.306. The molecule has 1 N–H and O–H groups in total. The van der Waals surface area contributed by atoms with Crippen molar-refractivity contribution in [1.82, 2.24) is 25.5 Å². The Morgan fingerprint density at radius 3 is 2.52 bits per heavy atom. The minimum Gasteiger partial charge on any atom is -0.489 e. The van der Waals surface area contributed by atoms with Gasteiger partial charge in [-0.05, 0) is 40.3 Å². The Morgan fingerprint density at radius 1 is 1.11 bits per heavy atom. The van der Waals surface area contributed by atoms with Crippen LogP contribution in [0.15, 0.2) is 47.6 Å². The van der Waals surface area contributed by atoms with E-state index in [9.17, 15) is 0 Å². The zero-order chi connectivity index (χ0) is 19.1. The Morgan fingerprint density at radius 2 is 1.85 bits per heavy atom. The number of ether oxygens (including phenoxy) is 1. The van der Waals surface area contributed by atoms with E-state index in [0.717, 1.165) is 35.3 Å². The maximum absolute atomic E-state index is 6.16. The van der Waals surface area contributed by atoms with E-state index in [2.05, 4.69) is 20.8 Å². The molecule has 6 nitrogen and oxygen atoms in total. The second-order valence-electron chi connectivity index (χ2n) is 5.74. The summed E-state index contributed by atoms with van der Waals surface area (Å²) in [6.45, 7) is 1.99. The monoisotopic (exact) mass is 423 g/mol. The van der Waals surface area contributed by atoms with Crippen LogP contribution in [0.3, 0.4) is 0 Å². The van der Waals surface area contributed by atoms with Gasteiger partial charge in [-0.2, -0.15) is 0 Å². The van der Waals surface area contributed by atoms with E-state index >= 15 is 0 Å². The summed E-state index contributed by atoms with van der Waals surface area (Å²) in [5, 5.41) is 16.8. The highest BCUT2D eigenvalue weighted by molar-refractivity contribution is 7.99. The summed E-state index contributed by atoms with van der Waals surface area (Å²) in [6, 6.07) is 13.4. The van der Waals surface area contributed by atoms with E-state index < -0.39 is 0 Å². The first-order valence-corrected chi connectivity index (χ1v) is 10.1. The summed E-state index contributed by atoms with van der Waals surface area (Å²) in [5.41, 5.74) is 1.98. The molecular formula is C18H19Cl2N5OS. The fourth-order valence-corrected chi connectivity index (χ4v) is 3.57. The molecule has 27 heavy (non-hydrogen) atoms. The van der Waals surface area contributed by atoms with E-state index in [1.54, 1.807) is 28.6 Å². The molecule has 2 aromatic carbocycles. The Kier molecular flexibility index (Phi) is 7.34. The molecule has 0 spiro atoms. The molecule has 0 radical (unpaired) electrons. The number of hydrogen-bond donors (Lipinski definition) is 1. The molecule has 0 fully saturated rings. The van der Waals surface area contributed by atoms with Crippen LogP contribution in [0.1, 0.15) is 11.1 Å². The average Bonchev–Trinajstić information content (AvgIpc) is 3.07. The highest BCUT2D eigenvalue weighted by Crippen LogP contribution is 2.26. The predicted molar refractivity (Wildman–Crippen MR) is 108 cm³/mol. The normalized spacial score (nSPS) is 10.9. The first-order valence-electron chi connectivity index (χ1n) is 8.34. The number of hydrogen-bond acceptors (Lipinski definition) is 6. The van der Waals surface area contributed by atoms with Crippen LogP contribution in [-0.2, 0) is 20.2 Å². The minimum atomic E-state index is 0.338. The summed E-state index contributed by atoms with van der Waals surface area (Å²) >= 11 is 13.9. The molecule has 0 bridgehead atoms. The van der Waals surface area contributed by atoms with Crippen LogP contribution in [0, 0.1) is 0 Å². The molecule has 0 unspecified atom stereocenters. The van der Waals surface area contributed by atoms with Crippen LogP contribution < -0.4 is 10.1 Å². The third kappa shape index (κ3) is 5.84. The standard InChI is InChI=1S/C18H19Cl2N5OS/c1-25-18(22-23-24-25)27-10-9-21-11-13-5-7-14(8-6-13)26-12-15-16(19)3-2-4-17(15)20/h2-8,21H,9-12H2,1H3. The van der Waals surface area contributed by atoms with Gasteiger partial charge in [0.2, 0.25) is 5.16 Å². The molecule has 0 aliphatic carbocycles. The number of benzene rings is 2. The third-order valence-electron chi connectivity index (χ3n) is 3.79.